The number of carbonyl (C=O) groups is 2. The lowest BCUT2D eigenvalue weighted by molar-refractivity contribution is -0.143. The van der Waals surface area contributed by atoms with Crippen molar-refractivity contribution in [2.75, 3.05) is 32.0 Å². The normalized spacial score (nSPS) is 23.7. The van der Waals surface area contributed by atoms with E-state index in [4.69, 9.17) is 0 Å². The predicted molar refractivity (Wildman–Crippen MR) is 85.9 cm³/mol. The van der Waals surface area contributed by atoms with Gasteiger partial charge in [0, 0.05) is 32.4 Å². The van der Waals surface area contributed by atoms with Crippen LogP contribution < -0.4 is 5.32 Å². The van der Waals surface area contributed by atoms with E-state index in [-0.39, 0.29) is 18.1 Å². The van der Waals surface area contributed by atoms with Crippen LogP contribution in [-0.4, -0.2) is 48.4 Å². The summed E-state index contributed by atoms with van der Waals surface area (Å²) in [6.45, 7) is 1.26. The molecular formula is C17H19F4N3O2. The summed E-state index contributed by atoms with van der Waals surface area (Å²) >= 11 is 0. The molecule has 0 aromatic heterocycles. The Morgan fingerprint density at radius 1 is 1.23 bits per heavy atom. The molecule has 1 atom stereocenters. The van der Waals surface area contributed by atoms with E-state index in [1.54, 1.807) is 11.9 Å². The van der Waals surface area contributed by atoms with Crippen LogP contribution in [0.2, 0.25) is 0 Å². The van der Waals surface area contributed by atoms with Crippen LogP contribution in [0.4, 0.5) is 28.0 Å². The van der Waals surface area contributed by atoms with Crippen molar-refractivity contribution in [3.63, 3.8) is 0 Å². The summed E-state index contributed by atoms with van der Waals surface area (Å²) in [6, 6.07) is 1.72. The number of urea groups is 1. The molecule has 3 rings (SSSR count). The standard InChI is InChI=1S/C17H19F4N3O2/c1-23-7-2-5-16(14(23)25)6-8-24(10-16)15(26)22-11-3-4-13(18)12(9-11)17(19,20)21/h3-4,9H,2,5-8,10H2,1H3,(H,22,26)/t16-/m1/s1. The van der Waals surface area contributed by atoms with Gasteiger partial charge >= 0.3 is 12.2 Å². The Labute approximate surface area is 147 Å². The number of nitrogens with zero attached hydrogens (tertiary/aromatic N) is 2. The predicted octanol–water partition coefficient (Wildman–Crippen LogP) is 3.32. The molecule has 0 radical (unpaired) electrons. The van der Waals surface area contributed by atoms with Crippen LogP contribution in [0.5, 0.6) is 0 Å². The molecule has 1 aromatic rings. The van der Waals surface area contributed by atoms with Crippen LogP contribution in [-0.2, 0) is 11.0 Å². The molecule has 3 amide bonds. The van der Waals surface area contributed by atoms with E-state index in [1.807, 2.05) is 0 Å². The summed E-state index contributed by atoms with van der Waals surface area (Å²) in [5, 5.41) is 2.37. The van der Waals surface area contributed by atoms with Gasteiger partial charge in [-0.1, -0.05) is 0 Å². The van der Waals surface area contributed by atoms with Crippen molar-refractivity contribution in [2.45, 2.75) is 25.4 Å². The molecule has 2 saturated heterocycles. The third-order valence-electron chi connectivity index (χ3n) is 5.11. The quantitative estimate of drug-likeness (QED) is 0.768. The van der Waals surface area contributed by atoms with E-state index >= 15 is 0 Å². The first-order chi connectivity index (χ1) is 12.1. The second kappa shape index (κ2) is 6.44. The molecule has 9 heteroatoms. The second-order valence-corrected chi connectivity index (χ2v) is 6.90. The number of halogens is 4. The van der Waals surface area contributed by atoms with Crippen LogP contribution in [0, 0.1) is 11.2 Å². The highest BCUT2D eigenvalue weighted by Gasteiger charge is 2.48. The first-order valence-electron chi connectivity index (χ1n) is 8.31. The summed E-state index contributed by atoms with van der Waals surface area (Å²) in [5.74, 6) is -1.40. The molecule has 2 heterocycles. The maximum Gasteiger partial charge on any atom is 0.419 e. The van der Waals surface area contributed by atoms with Crippen molar-refractivity contribution in [1.29, 1.82) is 0 Å². The molecule has 142 valence electrons. The van der Waals surface area contributed by atoms with E-state index in [0.29, 0.717) is 38.1 Å². The minimum absolute atomic E-state index is 0.000176. The summed E-state index contributed by atoms with van der Waals surface area (Å²) in [7, 11) is 1.73. The molecular weight excluding hydrogens is 354 g/mol. The highest BCUT2D eigenvalue weighted by Crippen LogP contribution is 2.40. The Bertz CT molecular complexity index is 737. The molecule has 2 aliphatic rings. The SMILES string of the molecule is CN1CCC[C@]2(CCN(C(=O)Nc3ccc(F)c(C(F)(F)F)c3)C2)C1=O. The second-order valence-electron chi connectivity index (χ2n) is 6.90. The molecule has 0 saturated carbocycles. The van der Waals surface area contributed by atoms with E-state index < -0.39 is 29.0 Å². The monoisotopic (exact) mass is 373 g/mol. The van der Waals surface area contributed by atoms with E-state index in [0.717, 1.165) is 12.5 Å². The molecule has 2 fully saturated rings. The number of hydrogen-bond acceptors (Lipinski definition) is 2. The number of nitrogens with one attached hydrogen (secondary N) is 1. The first kappa shape index (κ1) is 18.5. The number of rotatable bonds is 1. The number of alkyl halides is 3. The van der Waals surface area contributed by atoms with Crippen LogP contribution in [0.3, 0.4) is 0 Å². The Kier molecular flexibility index (Phi) is 4.58. The third-order valence-corrected chi connectivity index (χ3v) is 5.11. The average molecular weight is 373 g/mol. The van der Waals surface area contributed by atoms with Crippen LogP contribution in [0.15, 0.2) is 18.2 Å². The van der Waals surface area contributed by atoms with Gasteiger partial charge in [0.25, 0.3) is 0 Å². The summed E-state index contributed by atoms with van der Waals surface area (Å²) in [4.78, 5) is 27.9. The van der Waals surface area contributed by atoms with Crippen molar-refractivity contribution in [1.82, 2.24) is 9.80 Å². The topological polar surface area (TPSA) is 52.6 Å². The molecule has 1 aromatic carbocycles. The Morgan fingerprint density at radius 3 is 2.65 bits per heavy atom. The fourth-order valence-corrected chi connectivity index (χ4v) is 3.72. The number of likely N-dealkylation sites (tertiary alicyclic amines) is 2. The van der Waals surface area contributed by atoms with Gasteiger partial charge in [-0.05, 0) is 37.5 Å². The lowest BCUT2D eigenvalue weighted by Crippen LogP contribution is -2.49. The van der Waals surface area contributed by atoms with Crippen molar-refractivity contribution < 1.29 is 27.2 Å². The molecule has 2 aliphatic heterocycles. The van der Waals surface area contributed by atoms with Crippen molar-refractivity contribution in [3.8, 4) is 0 Å². The van der Waals surface area contributed by atoms with Gasteiger partial charge in [0.15, 0.2) is 0 Å². The molecule has 1 N–H and O–H groups in total. The molecule has 26 heavy (non-hydrogen) atoms. The van der Waals surface area contributed by atoms with Crippen molar-refractivity contribution in [2.24, 2.45) is 5.41 Å². The van der Waals surface area contributed by atoms with Gasteiger partial charge in [-0.25, -0.2) is 9.18 Å². The largest absolute Gasteiger partial charge is 0.419 e. The van der Waals surface area contributed by atoms with Gasteiger partial charge in [0.2, 0.25) is 5.91 Å². The highest BCUT2D eigenvalue weighted by atomic mass is 19.4. The zero-order valence-electron chi connectivity index (χ0n) is 14.2. The number of benzene rings is 1. The number of anilines is 1. The fourth-order valence-electron chi connectivity index (χ4n) is 3.72. The molecule has 1 spiro atoms. The van der Waals surface area contributed by atoms with Gasteiger partial charge in [-0.15, -0.1) is 0 Å². The molecule has 0 unspecified atom stereocenters. The minimum atomic E-state index is -4.85. The maximum absolute atomic E-state index is 13.3. The van der Waals surface area contributed by atoms with Crippen molar-refractivity contribution >= 4 is 17.6 Å². The van der Waals surface area contributed by atoms with Crippen LogP contribution >= 0.6 is 0 Å². The fraction of sp³-hybridized carbons (Fsp3) is 0.529. The summed E-state index contributed by atoms with van der Waals surface area (Å²) < 4.78 is 51.7. The average Bonchev–Trinajstić information content (AvgIpc) is 2.99. The van der Waals surface area contributed by atoms with Gasteiger partial charge in [-0.2, -0.15) is 13.2 Å². The molecule has 0 aliphatic carbocycles. The smallest absolute Gasteiger partial charge is 0.345 e. The Morgan fingerprint density at radius 2 is 1.96 bits per heavy atom. The lowest BCUT2D eigenvalue weighted by Gasteiger charge is -2.37. The zero-order valence-corrected chi connectivity index (χ0v) is 14.2. The van der Waals surface area contributed by atoms with Gasteiger partial charge < -0.3 is 15.1 Å². The minimum Gasteiger partial charge on any atom is -0.345 e. The third kappa shape index (κ3) is 3.34. The van der Waals surface area contributed by atoms with Crippen LogP contribution in [0.1, 0.15) is 24.8 Å². The highest BCUT2D eigenvalue weighted by molar-refractivity contribution is 5.91. The lowest BCUT2D eigenvalue weighted by atomic mass is 9.78. The van der Waals surface area contributed by atoms with Gasteiger partial charge in [0.1, 0.15) is 5.82 Å². The van der Waals surface area contributed by atoms with E-state index in [1.165, 1.54) is 4.90 Å². The van der Waals surface area contributed by atoms with Gasteiger partial charge in [0.05, 0.1) is 11.0 Å². The Hall–Kier alpha value is -2.32. The van der Waals surface area contributed by atoms with E-state index in [9.17, 15) is 27.2 Å². The number of carbonyl (C=O) groups excluding carboxylic acids is 2. The number of hydrogen-bond donors (Lipinski definition) is 1. The summed E-state index contributed by atoms with van der Waals surface area (Å²) in [6.07, 6.45) is -2.78. The summed E-state index contributed by atoms with van der Waals surface area (Å²) in [5.41, 5.74) is -2.18. The first-order valence-corrected chi connectivity index (χ1v) is 8.31. The molecule has 0 bridgehead atoms. The van der Waals surface area contributed by atoms with E-state index in [2.05, 4.69) is 5.32 Å². The zero-order chi connectivity index (χ0) is 19.1. The van der Waals surface area contributed by atoms with Crippen LogP contribution in [0.25, 0.3) is 0 Å². The number of piperidine rings is 1. The Balaban J connectivity index is 1.71. The molecule has 5 nitrogen and oxygen atoms in total. The van der Waals surface area contributed by atoms with Gasteiger partial charge in [-0.3, -0.25) is 4.79 Å². The maximum atomic E-state index is 13.3. The van der Waals surface area contributed by atoms with Crippen molar-refractivity contribution in [3.05, 3.63) is 29.6 Å². The number of amides is 3.